The molecule has 66 valence electrons. The number of nitrogens with zero attached hydrogens (tertiary/aromatic N) is 1. The molecule has 12 heavy (non-hydrogen) atoms. The monoisotopic (exact) mass is 164 g/mol. The van der Waals surface area contributed by atoms with Gasteiger partial charge in [-0.05, 0) is 30.2 Å². The first-order chi connectivity index (χ1) is 5.74. The minimum Gasteiger partial charge on any atom is -0.330 e. The summed E-state index contributed by atoms with van der Waals surface area (Å²) in [5.74, 6) is 0.574. The molecule has 0 aliphatic carbocycles. The van der Waals surface area contributed by atoms with E-state index in [0.29, 0.717) is 12.5 Å². The fourth-order valence-corrected chi connectivity index (χ4v) is 1.14. The molecule has 1 rings (SSSR count). The van der Waals surface area contributed by atoms with E-state index in [-0.39, 0.29) is 0 Å². The zero-order chi connectivity index (χ0) is 8.97. The highest BCUT2D eigenvalue weighted by atomic mass is 14.7. The van der Waals surface area contributed by atoms with Crippen molar-refractivity contribution in [3.8, 4) is 0 Å². The van der Waals surface area contributed by atoms with Crippen LogP contribution < -0.4 is 5.73 Å². The van der Waals surface area contributed by atoms with Crippen molar-refractivity contribution < 1.29 is 0 Å². The van der Waals surface area contributed by atoms with E-state index in [1.807, 2.05) is 6.20 Å². The minimum absolute atomic E-state index is 0.574. The molecule has 1 aromatic rings. The Morgan fingerprint density at radius 1 is 1.50 bits per heavy atom. The highest BCUT2D eigenvalue weighted by Gasteiger charge is 1.99. The maximum atomic E-state index is 5.45. The summed E-state index contributed by atoms with van der Waals surface area (Å²) in [5.41, 5.74) is 7.89. The summed E-state index contributed by atoms with van der Waals surface area (Å²) < 4.78 is 0. The smallest absolute Gasteiger partial charge is 0.0419 e. The summed E-state index contributed by atoms with van der Waals surface area (Å²) >= 11 is 0. The summed E-state index contributed by atoms with van der Waals surface area (Å²) in [6.07, 6.45) is 2.74. The molecule has 0 spiro atoms. The molecular formula is C10H16N2. The first-order valence-electron chi connectivity index (χ1n) is 4.39. The zero-order valence-electron chi connectivity index (χ0n) is 7.75. The van der Waals surface area contributed by atoms with Crippen LogP contribution in [0, 0.1) is 0 Å². The quantitative estimate of drug-likeness (QED) is 0.738. The van der Waals surface area contributed by atoms with Crippen LogP contribution in [0.4, 0.5) is 0 Å². The molecule has 2 N–H and O–H groups in total. The van der Waals surface area contributed by atoms with Crippen molar-refractivity contribution in [1.29, 1.82) is 0 Å². The number of nitrogens with two attached hydrogens (primary N) is 1. The SMILES string of the molecule is CC(C)c1ccnc(CCN)c1. The lowest BCUT2D eigenvalue weighted by Crippen LogP contribution is -2.04. The fraction of sp³-hybridized carbons (Fsp3) is 0.500. The average Bonchev–Trinajstić information content (AvgIpc) is 2.05. The first-order valence-corrected chi connectivity index (χ1v) is 4.39. The number of hydrogen-bond acceptors (Lipinski definition) is 2. The van der Waals surface area contributed by atoms with Gasteiger partial charge in [0.25, 0.3) is 0 Å². The Labute approximate surface area is 73.8 Å². The highest BCUT2D eigenvalue weighted by molar-refractivity contribution is 5.19. The van der Waals surface area contributed by atoms with Crippen LogP contribution in [0.2, 0.25) is 0 Å². The number of hydrogen-bond donors (Lipinski definition) is 1. The van der Waals surface area contributed by atoms with Crippen LogP contribution in [0.3, 0.4) is 0 Å². The van der Waals surface area contributed by atoms with Crippen LogP contribution in [0.5, 0.6) is 0 Å². The summed E-state index contributed by atoms with van der Waals surface area (Å²) in [6, 6.07) is 4.20. The molecular weight excluding hydrogens is 148 g/mol. The van der Waals surface area contributed by atoms with Gasteiger partial charge in [0.15, 0.2) is 0 Å². The van der Waals surface area contributed by atoms with Gasteiger partial charge in [-0.2, -0.15) is 0 Å². The van der Waals surface area contributed by atoms with Gasteiger partial charge >= 0.3 is 0 Å². The maximum absolute atomic E-state index is 5.45. The molecule has 0 fully saturated rings. The molecule has 0 bridgehead atoms. The van der Waals surface area contributed by atoms with Crippen LogP contribution in [0.1, 0.15) is 31.0 Å². The van der Waals surface area contributed by atoms with Crippen molar-refractivity contribution in [3.05, 3.63) is 29.6 Å². The second kappa shape index (κ2) is 4.21. The second-order valence-electron chi connectivity index (χ2n) is 3.27. The highest BCUT2D eigenvalue weighted by Crippen LogP contribution is 2.13. The molecule has 0 aromatic carbocycles. The van der Waals surface area contributed by atoms with Gasteiger partial charge in [-0.3, -0.25) is 4.98 Å². The van der Waals surface area contributed by atoms with Crippen molar-refractivity contribution in [2.24, 2.45) is 5.73 Å². The van der Waals surface area contributed by atoms with Crippen molar-refractivity contribution in [2.75, 3.05) is 6.54 Å². The third-order valence-corrected chi connectivity index (χ3v) is 1.91. The number of rotatable bonds is 3. The van der Waals surface area contributed by atoms with Crippen molar-refractivity contribution >= 4 is 0 Å². The molecule has 1 aromatic heterocycles. The topological polar surface area (TPSA) is 38.9 Å². The van der Waals surface area contributed by atoms with Gasteiger partial charge in [0.05, 0.1) is 0 Å². The lowest BCUT2D eigenvalue weighted by molar-refractivity contribution is 0.845. The third-order valence-electron chi connectivity index (χ3n) is 1.91. The first kappa shape index (κ1) is 9.20. The van der Waals surface area contributed by atoms with E-state index >= 15 is 0 Å². The van der Waals surface area contributed by atoms with Crippen molar-refractivity contribution in [3.63, 3.8) is 0 Å². The van der Waals surface area contributed by atoms with Crippen LogP contribution in [-0.2, 0) is 6.42 Å². The summed E-state index contributed by atoms with van der Waals surface area (Å²) in [7, 11) is 0. The number of aromatic nitrogens is 1. The molecule has 0 aliphatic rings. The van der Waals surface area contributed by atoms with Gasteiger partial charge in [0.2, 0.25) is 0 Å². The lowest BCUT2D eigenvalue weighted by atomic mass is 10.0. The second-order valence-corrected chi connectivity index (χ2v) is 3.27. The van der Waals surface area contributed by atoms with E-state index in [2.05, 4.69) is 31.0 Å². The molecule has 0 atom stereocenters. The van der Waals surface area contributed by atoms with Gasteiger partial charge in [0.1, 0.15) is 0 Å². The minimum atomic E-state index is 0.574. The average molecular weight is 164 g/mol. The van der Waals surface area contributed by atoms with Crippen molar-refractivity contribution in [1.82, 2.24) is 4.98 Å². The Balaban J connectivity index is 2.81. The molecule has 1 heterocycles. The van der Waals surface area contributed by atoms with Gasteiger partial charge in [-0.1, -0.05) is 13.8 Å². The van der Waals surface area contributed by atoms with E-state index in [9.17, 15) is 0 Å². The Morgan fingerprint density at radius 2 is 2.25 bits per heavy atom. The maximum Gasteiger partial charge on any atom is 0.0419 e. The van der Waals surface area contributed by atoms with E-state index in [4.69, 9.17) is 5.73 Å². The van der Waals surface area contributed by atoms with Gasteiger partial charge in [0, 0.05) is 18.3 Å². The van der Waals surface area contributed by atoms with Crippen LogP contribution in [0.25, 0.3) is 0 Å². The Bertz CT molecular complexity index is 243. The van der Waals surface area contributed by atoms with Gasteiger partial charge in [-0.15, -0.1) is 0 Å². The summed E-state index contributed by atoms with van der Waals surface area (Å²) in [6.45, 7) is 5.04. The van der Waals surface area contributed by atoms with Crippen LogP contribution >= 0.6 is 0 Å². The predicted molar refractivity (Wildman–Crippen MR) is 51.1 cm³/mol. The molecule has 0 radical (unpaired) electrons. The molecule has 0 saturated carbocycles. The molecule has 0 unspecified atom stereocenters. The van der Waals surface area contributed by atoms with E-state index in [0.717, 1.165) is 12.1 Å². The van der Waals surface area contributed by atoms with Crippen LogP contribution in [-0.4, -0.2) is 11.5 Å². The molecule has 2 heteroatoms. The third kappa shape index (κ3) is 2.31. The summed E-state index contributed by atoms with van der Waals surface area (Å²) in [5, 5.41) is 0. The normalized spacial score (nSPS) is 10.7. The zero-order valence-corrected chi connectivity index (χ0v) is 7.75. The van der Waals surface area contributed by atoms with Crippen LogP contribution in [0.15, 0.2) is 18.3 Å². The van der Waals surface area contributed by atoms with Gasteiger partial charge < -0.3 is 5.73 Å². The largest absolute Gasteiger partial charge is 0.330 e. The fourth-order valence-electron chi connectivity index (χ4n) is 1.14. The van der Waals surface area contributed by atoms with E-state index in [1.54, 1.807) is 0 Å². The Kier molecular flexibility index (Phi) is 3.23. The number of pyridine rings is 1. The standard InChI is InChI=1S/C10H16N2/c1-8(2)9-4-6-12-10(7-9)3-5-11/h4,6-8H,3,5,11H2,1-2H3. The van der Waals surface area contributed by atoms with Crippen molar-refractivity contribution in [2.45, 2.75) is 26.2 Å². The van der Waals surface area contributed by atoms with E-state index in [1.165, 1.54) is 5.56 Å². The summed E-state index contributed by atoms with van der Waals surface area (Å²) in [4.78, 5) is 4.23. The Morgan fingerprint density at radius 3 is 2.83 bits per heavy atom. The predicted octanol–water partition coefficient (Wildman–Crippen LogP) is 1.71. The Hall–Kier alpha value is -0.890. The molecule has 0 amide bonds. The lowest BCUT2D eigenvalue weighted by Gasteiger charge is -2.06. The molecule has 2 nitrogen and oxygen atoms in total. The molecule has 0 aliphatic heterocycles. The van der Waals surface area contributed by atoms with E-state index < -0.39 is 0 Å². The molecule has 0 saturated heterocycles. The van der Waals surface area contributed by atoms with Gasteiger partial charge in [-0.25, -0.2) is 0 Å².